The first-order chi connectivity index (χ1) is 8.66. The first kappa shape index (κ1) is 13.3. The lowest BCUT2D eigenvalue weighted by atomic mass is 10.1. The van der Waals surface area contributed by atoms with E-state index in [1.807, 2.05) is 19.9 Å². The van der Waals surface area contributed by atoms with Gasteiger partial charge >= 0.3 is 0 Å². The number of aryl methyl sites for hydroxylation is 2. The van der Waals surface area contributed by atoms with Crippen molar-refractivity contribution in [2.45, 2.75) is 40.0 Å². The minimum Gasteiger partial charge on any atom is -0.492 e. The number of rotatable bonds is 4. The highest BCUT2D eigenvalue weighted by molar-refractivity contribution is 5.36. The topological polar surface area (TPSA) is 25.4 Å². The fourth-order valence-electron chi connectivity index (χ4n) is 2.47. The van der Waals surface area contributed by atoms with Crippen LogP contribution in [0.4, 0.5) is 0 Å². The van der Waals surface area contributed by atoms with Crippen molar-refractivity contribution in [3.8, 4) is 5.75 Å². The molecule has 2 heterocycles. The second-order valence-corrected chi connectivity index (χ2v) is 5.22. The number of aromatic nitrogens is 1. The summed E-state index contributed by atoms with van der Waals surface area (Å²) < 4.78 is 5.92. The monoisotopic (exact) mass is 248 g/mol. The van der Waals surface area contributed by atoms with Crippen molar-refractivity contribution in [3.05, 3.63) is 23.0 Å². The predicted molar refractivity (Wildman–Crippen MR) is 74.2 cm³/mol. The third-order valence-electron chi connectivity index (χ3n) is 3.71. The molecule has 0 radical (unpaired) electrons. The van der Waals surface area contributed by atoms with Gasteiger partial charge in [-0.25, -0.2) is 0 Å². The number of hydrogen-bond donors (Lipinski definition) is 0. The quantitative estimate of drug-likeness (QED) is 0.819. The Morgan fingerprint density at radius 2 is 1.89 bits per heavy atom. The molecule has 3 heteroatoms. The van der Waals surface area contributed by atoms with Gasteiger partial charge in [-0.2, -0.15) is 0 Å². The summed E-state index contributed by atoms with van der Waals surface area (Å²) in [4.78, 5) is 6.94. The lowest BCUT2D eigenvalue weighted by Gasteiger charge is -2.26. The maximum absolute atomic E-state index is 5.92. The number of likely N-dealkylation sites (tertiary alicyclic amines) is 1. The normalized spacial score (nSPS) is 16.8. The lowest BCUT2D eigenvalue weighted by Crippen LogP contribution is -2.33. The molecule has 3 nitrogen and oxygen atoms in total. The van der Waals surface area contributed by atoms with E-state index in [9.17, 15) is 0 Å². The van der Waals surface area contributed by atoms with Crippen molar-refractivity contribution < 1.29 is 4.74 Å². The maximum Gasteiger partial charge on any atom is 0.125 e. The second-order valence-electron chi connectivity index (χ2n) is 5.22. The smallest absolute Gasteiger partial charge is 0.125 e. The summed E-state index contributed by atoms with van der Waals surface area (Å²) in [6, 6.07) is 2.04. The number of pyridine rings is 1. The predicted octanol–water partition coefficient (Wildman–Crippen LogP) is 2.87. The van der Waals surface area contributed by atoms with E-state index in [0.717, 1.165) is 30.3 Å². The van der Waals surface area contributed by atoms with Crippen LogP contribution in [0.15, 0.2) is 6.07 Å². The average Bonchev–Trinajstić information content (AvgIpc) is 2.36. The first-order valence-corrected chi connectivity index (χ1v) is 6.97. The van der Waals surface area contributed by atoms with Gasteiger partial charge in [0.1, 0.15) is 12.4 Å². The summed E-state index contributed by atoms with van der Waals surface area (Å²) in [5.74, 6) is 0.997. The van der Waals surface area contributed by atoms with Crippen LogP contribution in [-0.4, -0.2) is 36.1 Å². The highest BCUT2D eigenvalue weighted by Crippen LogP contribution is 2.21. The van der Waals surface area contributed by atoms with Crippen LogP contribution in [0.5, 0.6) is 5.75 Å². The van der Waals surface area contributed by atoms with Crippen LogP contribution in [0.3, 0.4) is 0 Å². The Labute approximate surface area is 110 Å². The van der Waals surface area contributed by atoms with Crippen LogP contribution in [0, 0.1) is 20.8 Å². The zero-order chi connectivity index (χ0) is 13.0. The third kappa shape index (κ3) is 3.45. The molecule has 1 saturated heterocycles. The average molecular weight is 248 g/mol. The summed E-state index contributed by atoms with van der Waals surface area (Å²) in [5.41, 5.74) is 3.27. The minimum absolute atomic E-state index is 0.781. The molecule has 2 rings (SSSR count). The van der Waals surface area contributed by atoms with Gasteiger partial charge in [0.05, 0.1) is 0 Å². The van der Waals surface area contributed by atoms with E-state index in [1.54, 1.807) is 0 Å². The van der Waals surface area contributed by atoms with Crippen molar-refractivity contribution in [3.63, 3.8) is 0 Å². The molecule has 0 atom stereocenters. The van der Waals surface area contributed by atoms with Gasteiger partial charge in [-0.05, 0) is 46.7 Å². The summed E-state index contributed by atoms with van der Waals surface area (Å²) in [7, 11) is 0. The molecular formula is C15H24N2O. The molecule has 0 N–H and O–H groups in total. The second kappa shape index (κ2) is 6.19. The zero-order valence-electron chi connectivity index (χ0n) is 11.8. The fraction of sp³-hybridized carbons (Fsp3) is 0.667. The summed E-state index contributed by atoms with van der Waals surface area (Å²) in [6.07, 6.45) is 4.07. The highest BCUT2D eigenvalue weighted by Gasteiger charge is 2.10. The molecule has 0 unspecified atom stereocenters. The Balaban J connectivity index is 1.86. The molecule has 1 aliphatic rings. The Bertz CT molecular complexity index is 398. The van der Waals surface area contributed by atoms with Crippen LogP contribution in [0.2, 0.25) is 0 Å². The van der Waals surface area contributed by atoms with Crippen molar-refractivity contribution in [1.82, 2.24) is 9.88 Å². The largest absolute Gasteiger partial charge is 0.492 e. The molecule has 18 heavy (non-hydrogen) atoms. The molecule has 1 aromatic rings. The molecule has 0 spiro atoms. The number of piperidine rings is 1. The molecule has 0 saturated carbocycles. The molecule has 0 aromatic carbocycles. The number of ether oxygens (including phenoxy) is 1. The van der Waals surface area contributed by atoms with Crippen molar-refractivity contribution in [1.29, 1.82) is 0 Å². The van der Waals surface area contributed by atoms with E-state index in [-0.39, 0.29) is 0 Å². The Kier molecular flexibility index (Phi) is 4.59. The number of nitrogens with zero attached hydrogens (tertiary/aromatic N) is 2. The SMILES string of the molecule is Cc1cc(OCCN2CCCCC2)c(C)c(C)n1. The molecule has 100 valence electrons. The lowest BCUT2D eigenvalue weighted by molar-refractivity contribution is 0.183. The Morgan fingerprint density at radius 1 is 1.17 bits per heavy atom. The van der Waals surface area contributed by atoms with E-state index < -0.39 is 0 Å². The van der Waals surface area contributed by atoms with E-state index in [4.69, 9.17) is 4.74 Å². The van der Waals surface area contributed by atoms with E-state index in [0.29, 0.717) is 0 Å². The third-order valence-corrected chi connectivity index (χ3v) is 3.71. The van der Waals surface area contributed by atoms with Gasteiger partial charge in [-0.1, -0.05) is 6.42 Å². The summed E-state index contributed by atoms with van der Waals surface area (Å²) >= 11 is 0. The van der Waals surface area contributed by atoms with Crippen LogP contribution < -0.4 is 4.74 Å². The fourth-order valence-corrected chi connectivity index (χ4v) is 2.47. The number of hydrogen-bond acceptors (Lipinski definition) is 3. The van der Waals surface area contributed by atoms with E-state index in [2.05, 4.69) is 16.8 Å². The Hall–Kier alpha value is -1.09. The van der Waals surface area contributed by atoms with Crippen LogP contribution >= 0.6 is 0 Å². The van der Waals surface area contributed by atoms with Crippen LogP contribution in [0.25, 0.3) is 0 Å². The zero-order valence-corrected chi connectivity index (χ0v) is 11.8. The van der Waals surface area contributed by atoms with Gasteiger partial charge in [-0.15, -0.1) is 0 Å². The van der Waals surface area contributed by atoms with Gasteiger partial charge in [-0.3, -0.25) is 9.88 Å². The van der Waals surface area contributed by atoms with Gasteiger partial charge in [0.25, 0.3) is 0 Å². The van der Waals surface area contributed by atoms with Gasteiger partial charge < -0.3 is 4.74 Å². The van der Waals surface area contributed by atoms with Crippen LogP contribution in [-0.2, 0) is 0 Å². The standard InChI is InChI=1S/C15H24N2O/c1-12-11-15(13(2)14(3)16-12)18-10-9-17-7-5-4-6-8-17/h11H,4-10H2,1-3H3. The summed E-state index contributed by atoms with van der Waals surface area (Å²) in [5, 5.41) is 0. The molecule has 0 aliphatic carbocycles. The molecule has 1 aromatic heterocycles. The molecule has 0 bridgehead atoms. The van der Waals surface area contributed by atoms with Crippen molar-refractivity contribution in [2.75, 3.05) is 26.2 Å². The Morgan fingerprint density at radius 3 is 2.61 bits per heavy atom. The van der Waals surface area contributed by atoms with E-state index >= 15 is 0 Å². The molecule has 0 amide bonds. The maximum atomic E-state index is 5.92. The van der Waals surface area contributed by atoms with Gasteiger partial charge in [0, 0.05) is 29.6 Å². The van der Waals surface area contributed by atoms with Crippen molar-refractivity contribution in [2.24, 2.45) is 0 Å². The molecule has 1 aliphatic heterocycles. The van der Waals surface area contributed by atoms with Gasteiger partial charge in [0.15, 0.2) is 0 Å². The highest BCUT2D eigenvalue weighted by atomic mass is 16.5. The summed E-state index contributed by atoms with van der Waals surface area (Å²) in [6.45, 7) is 10.4. The van der Waals surface area contributed by atoms with Gasteiger partial charge in [0.2, 0.25) is 0 Å². The van der Waals surface area contributed by atoms with Crippen LogP contribution in [0.1, 0.15) is 36.2 Å². The first-order valence-electron chi connectivity index (χ1n) is 6.97. The van der Waals surface area contributed by atoms with Crippen molar-refractivity contribution >= 4 is 0 Å². The molecule has 1 fully saturated rings. The van der Waals surface area contributed by atoms with E-state index in [1.165, 1.54) is 37.9 Å². The molecular weight excluding hydrogens is 224 g/mol. The minimum atomic E-state index is 0.781.